The average Bonchev–Trinajstić information content (AvgIpc) is 2.90. The van der Waals surface area contributed by atoms with Gasteiger partial charge in [-0.1, -0.05) is 66.7 Å². The van der Waals surface area contributed by atoms with E-state index in [9.17, 15) is 14.7 Å². The number of carbonyl (C=O) groups excluding carboxylic acids is 2. The Hall–Kier alpha value is -4.04. The van der Waals surface area contributed by atoms with Crippen LogP contribution in [0.2, 0.25) is 0 Å². The molecule has 0 unspecified atom stereocenters. The molecule has 0 aromatic heterocycles. The maximum Gasteiger partial charge on any atom is 0.418 e. The van der Waals surface area contributed by atoms with E-state index in [1.165, 1.54) is 12.1 Å². The van der Waals surface area contributed by atoms with Gasteiger partial charge in [0.2, 0.25) is 0 Å². The zero-order valence-corrected chi connectivity index (χ0v) is 18.9. The van der Waals surface area contributed by atoms with Crippen molar-refractivity contribution in [3.8, 4) is 0 Å². The monoisotopic (exact) mass is 479 g/mol. The number of amides is 1. The maximum absolute atomic E-state index is 15.9. The minimum absolute atomic E-state index is 0.148. The van der Waals surface area contributed by atoms with Crippen LogP contribution in [0.25, 0.3) is 10.8 Å². The number of allylic oxidation sites excluding steroid dienone is 1. The third-order valence-electron chi connectivity index (χ3n) is 5.74. The van der Waals surface area contributed by atoms with Crippen molar-refractivity contribution in [3.63, 3.8) is 0 Å². The van der Waals surface area contributed by atoms with Crippen LogP contribution in [0.4, 0.5) is 13.6 Å². The van der Waals surface area contributed by atoms with Gasteiger partial charge in [0.15, 0.2) is 0 Å². The van der Waals surface area contributed by atoms with Crippen molar-refractivity contribution >= 4 is 22.8 Å². The number of alkyl halides is 2. The molecule has 1 aliphatic rings. The predicted octanol–water partition coefficient (Wildman–Crippen LogP) is 5.13. The van der Waals surface area contributed by atoms with E-state index in [1.54, 1.807) is 60.7 Å². The third-order valence-corrected chi connectivity index (χ3v) is 5.74. The highest BCUT2D eigenvalue weighted by molar-refractivity contribution is 5.91. The molecule has 1 aliphatic heterocycles. The number of carbonyl (C=O) groups is 2. The number of aliphatic hydroxyl groups excluding tert-OH is 1. The number of hydrogen-bond acceptors (Lipinski definition) is 5. The van der Waals surface area contributed by atoms with Crippen LogP contribution in [0.1, 0.15) is 11.1 Å². The van der Waals surface area contributed by atoms with Gasteiger partial charge in [-0.2, -0.15) is 8.78 Å². The van der Waals surface area contributed by atoms with E-state index in [0.29, 0.717) is 15.8 Å². The normalized spacial score (nSPS) is 15.9. The van der Waals surface area contributed by atoms with Crippen molar-refractivity contribution in [1.82, 2.24) is 4.90 Å². The zero-order valence-electron chi connectivity index (χ0n) is 18.9. The van der Waals surface area contributed by atoms with Gasteiger partial charge in [-0.25, -0.2) is 9.59 Å². The third kappa shape index (κ3) is 4.93. The molecule has 0 fully saturated rings. The molecule has 0 saturated carbocycles. The summed E-state index contributed by atoms with van der Waals surface area (Å²) in [7, 11) is 1.12. The van der Waals surface area contributed by atoms with Gasteiger partial charge < -0.3 is 14.6 Å². The molecule has 0 radical (unpaired) electrons. The summed E-state index contributed by atoms with van der Waals surface area (Å²) < 4.78 is 41.8. The van der Waals surface area contributed by atoms with E-state index < -0.39 is 36.2 Å². The van der Waals surface area contributed by atoms with Crippen molar-refractivity contribution in [2.24, 2.45) is 5.92 Å². The number of fused-ring (bicyclic) bond motifs is 1. The molecular formula is C27H23F2NO5. The first-order valence-electron chi connectivity index (χ1n) is 10.9. The number of rotatable bonds is 6. The molecule has 0 aliphatic carbocycles. The summed E-state index contributed by atoms with van der Waals surface area (Å²) in [4.78, 5) is 25.9. The summed E-state index contributed by atoms with van der Waals surface area (Å²) in [6, 6.07) is 20.0. The number of esters is 1. The lowest BCUT2D eigenvalue weighted by Gasteiger charge is -2.33. The van der Waals surface area contributed by atoms with Crippen LogP contribution >= 0.6 is 0 Å². The minimum atomic E-state index is -3.65. The number of nitrogens with zero attached hydrogens (tertiary/aromatic N) is 1. The lowest BCUT2D eigenvalue weighted by Crippen LogP contribution is -2.39. The predicted molar refractivity (Wildman–Crippen MR) is 125 cm³/mol. The molecule has 6 nitrogen and oxygen atoms in total. The van der Waals surface area contributed by atoms with Crippen LogP contribution < -0.4 is 0 Å². The highest BCUT2D eigenvalue weighted by Gasteiger charge is 2.45. The molecule has 0 saturated heterocycles. The Bertz CT molecular complexity index is 1300. The number of benzene rings is 3. The second-order valence-electron chi connectivity index (χ2n) is 7.96. The fourth-order valence-corrected chi connectivity index (χ4v) is 3.87. The SMILES string of the molecule is COC(=O)C1=CN(C(=O)OCc2ccccc2)C(C(F)(F)c2ccc3ccccc3c2)=C[C@@H]1CO. The van der Waals surface area contributed by atoms with E-state index in [-0.39, 0.29) is 17.7 Å². The fraction of sp³-hybridized carbons (Fsp3) is 0.185. The second kappa shape index (κ2) is 10.1. The Morgan fingerprint density at radius 3 is 2.37 bits per heavy atom. The zero-order chi connectivity index (χ0) is 25.0. The average molecular weight is 479 g/mol. The molecular weight excluding hydrogens is 456 g/mol. The molecule has 3 aromatic carbocycles. The van der Waals surface area contributed by atoms with E-state index in [1.807, 2.05) is 0 Å². The molecule has 1 atom stereocenters. The molecule has 3 aromatic rings. The highest BCUT2D eigenvalue weighted by atomic mass is 19.3. The number of aliphatic hydroxyl groups is 1. The first-order chi connectivity index (χ1) is 16.8. The van der Waals surface area contributed by atoms with E-state index in [2.05, 4.69) is 0 Å². The van der Waals surface area contributed by atoms with Gasteiger partial charge in [-0.05, 0) is 28.5 Å². The topological polar surface area (TPSA) is 76.1 Å². The smallest absolute Gasteiger partial charge is 0.418 e. The molecule has 0 spiro atoms. The summed E-state index contributed by atoms with van der Waals surface area (Å²) >= 11 is 0. The van der Waals surface area contributed by atoms with Gasteiger partial charge in [-0.3, -0.25) is 4.90 Å². The molecule has 4 rings (SSSR count). The van der Waals surface area contributed by atoms with Gasteiger partial charge >= 0.3 is 18.0 Å². The summed E-state index contributed by atoms with van der Waals surface area (Å²) in [6.07, 6.45) is 0.855. The van der Waals surface area contributed by atoms with Crippen LogP contribution in [0, 0.1) is 5.92 Å². The Labute approximate surface area is 200 Å². The van der Waals surface area contributed by atoms with Gasteiger partial charge in [0.25, 0.3) is 0 Å². The summed E-state index contributed by atoms with van der Waals surface area (Å²) in [5.41, 5.74) is -0.563. The largest absolute Gasteiger partial charge is 0.466 e. The Morgan fingerprint density at radius 1 is 1.00 bits per heavy atom. The second-order valence-corrected chi connectivity index (χ2v) is 7.96. The van der Waals surface area contributed by atoms with Crippen LogP contribution in [0.5, 0.6) is 0 Å². The molecule has 0 bridgehead atoms. The molecule has 1 amide bonds. The van der Waals surface area contributed by atoms with Crippen LogP contribution in [-0.2, 0) is 26.8 Å². The lowest BCUT2D eigenvalue weighted by atomic mass is 9.92. The summed E-state index contributed by atoms with van der Waals surface area (Å²) in [5, 5.41) is 11.2. The molecule has 180 valence electrons. The van der Waals surface area contributed by atoms with Gasteiger partial charge in [0.05, 0.1) is 25.0 Å². The lowest BCUT2D eigenvalue weighted by molar-refractivity contribution is -0.136. The van der Waals surface area contributed by atoms with Crippen LogP contribution in [0.3, 0.4) is 0 Å². The Kier molecular flexibility index (Phi) is 6.93. The summed E-state index contributed by atoms with van der Waals surface area (Å²) in [5.74, 6) is -5.60. The van der Waals surface area contributed by atoms with Gasteiger partial charge in [0, 0.05) is 17.7 Å². The van der Waals surface area contributed by atoms with Crippen molar-refractivity contribution in [1.29, 1.82) is 0 Å². The van der Waals surface area contributed by atoms with Gasteiger partial charge in [-0.15, -0.1) is 0 Å². The van der Waals surface area contributed by atoms with Crippen molar-refractivity contribution in [3.05, 3.63) is 107 Å². The fourth-order valence-electron chi connectivity index (χ4n) is 3.87. The number of hydrogen-bond donors (Lipinski definition) is 1. The van der Waals surface area contributed by atoms with E-state index in [0.717, 1.165) is 24.8 Å². The van der Waals surface area contributed by atoms with Crippen molar-refractivity contribution in [2.75, 3.05) is 13.7 Å². The summed E-state index contributed by atoms with van der Waals surface area (Å²) in [6.45, 7) is -0.791. The quantitative estimate of drug-likeness (QED) is 0.496. The molecule has 1 N–H and O–H groups in total. The first kappa shape index (κ1) is 24.1. The van der Waals surface area contributed by atoms with Crippen molar-refractivity contribution in [2.45, 2.75) is 12.5 Å². The number of ether oxygens (including phenoxy) is 2. The molecule has 35 heavy (non-hydrogen) atoms. The van der Waals surface area contributed by atoms with Crippen LogP contribution in [-0.4, -0.2) is 35.8 Å². The Balaban J connectivity index is 1.73. The van der Waals surface area contributed by atoms with E-state index in [4.69, 9.17) is 9.47 Å². The maximum atomic E-state index is 15.9. The van der Waals surface area contributed by atoms with Gasteiger partial charge in [0.1, 0.15) is 6.61 Å². The standard InChI is InChI=1S/C27H23F2NO5/c1-34-25(32)23-15-30(26(33)35-17-18-7-3-2-4-8-18)24(14-21(23)16-31)27(28,29)22-12-11-19-9-5-6-10-20(19)13-22/h2-15,21,31H,16-17H2,1H3/t21-/m1/s1. The van der Waals surface area contributed by atoms with E-state index >= 15 is 8.78 Å². The first-order valence-corrected chi connectivity index (χ1v) is 10.9. The highest BCUT2D eigenvalue weighted by Crippen LogP contribution is 2.42. The molecule has 1 heterocycles. The number of halogens is 2. The minimum Gasteiger partial charge on any atom is -0.466 e. The van der Waals surface area contributed by atoms with Crippen molar-refractivity contribution < 1.29 is 33.0 Å². The van der Waals surface area contributed by atoms with Crippen LogP contribution in [0.15, 0.2) is 96.3 Å². The Morgan fingerprint density at radius 2 is 1.69 bits per heavy atom. The number of methoxy groups -OCH3 is 1. The molecule has 8 heteroatoms.